The Labute approximate surface area is 229 Å². The van der Waals surface area contributed by atoms with Crippen LogP contribution < -0.4 is 19.9 Å². The molecule has 3 fully saturated rings. The molecule has 1 unspecified atom stereocenters. The molecule has 40 heavy (non-hydrogen) atoms. The van der Waals surface area contributed by atoms with Crippen LogP contribution in [0, 0.1) is 5.82 Å². The van der Waals surface area contributed by atoms with Gasteiger partial charge in [-0.1, -0.05) is 12.5 Å². The summed E-state index contributed by atoms with van der Waals surface area (Å²) in [6.45, 7) is 0.202. The second-order valence-electron chi connectivity index (χ2n) is 11.3. The van der Waals surface area contributed by atoms with E-state index in [4.69, 9.17) is 4.74 Å². The number of hydrogen-bond donors (Lipinski definition) is 1. The number of benzene rings is 2. The molecule has 7 rings (SSSR count). The number of piperidine rings is 1. The van der Waals surface area contributed by atoms with E-state index >= 15 is 4.39 Å². The molecule has 3 heterocycles. The number of anilines is 2. The first-order valence-corrected chi connectivity index (χ1v) is 13.6. The van der Waals surface area contributed by atoms with E-state index in [1.165, 1.54) is 24.1 Å². The molecule has 1 spiro atoms. The lowest BCUT2D eigenvalue weighted by Gasteiger charge is -2.37. The molecule has 0 radical (unpaired) electrons. The molecule has 0 aromatic heterocycles. The summed E-state index contributed by atoms with van der Waals surface area (Å²) in [7, 11) is 1.40. The zero-order chi connectivity index (χ0) is 27.9. The van der Waals surface area contributed by atoms with Gasteiger partial charge in [0, 0.05) is 37.7 Å². The first-order chi connectivity index (χ1) is 19.2. The molecule has 5 aliphatic rings. The van der Waals surface area contributed by atoms with Crippen LogP contribution in [0.1, 0.15) is 66.4 Å². The normalized spacial score (nSPS) is 22.7. The molecule has 206 valence electrons. The highest BCUT2D eigenvalue weighted by Gasteiger charge is 2.57. The number of nitrogens with zero attached hydrogens (tertiary/aromatic N) is 3. The van der Waals surface area contributed by atoms with E-state index in [0.29, 0.717) is 29.7 Å². The minimum Gasteiger partial charge on any atom is -0.410 e. The molecule has 2 aliphatic carbocycles. The van der Waals surface area contributed by atoms with Gasteiger partial charge in [-0.05, 0) is 61.4 Å². The molecule has 3 aliphatic heterocycles. The Morgan fingerprint density at radius 1 is 1.10 bits per heavy atom. The van der Waals surface area contributed by atoms with E-state index in [0.717, 1.165) is 29.7 Å². The van der Waals surface area contributed by atoms with E-state index < -0.39 is 35.2 Å². The van der Waals surface area contributed by atoms with Gasteiger partial charge >= 0.3 is 6.09 Å². The zero-order valence-electron chi connectivity index (χ0n) is 21.9. The fraction of sp³-hybridized carbons (Fsp3) is 0.414. The van der Waals surface area contributed by atoms with Crippen molar-refractivity contribution in [3.63, 3.8) is 0 Å². The Balaban J connectivity index is 1.11. The van der Waals surface area contributed by atoms with Crippen molar-refractivity contribution in [3.8, 4) is 5.75 Å². The van der Waals surface area contributed by atoms with Crippen molar-refractivity contribution in [2.45, 2.75) is 69.0 Å². The molecule has 0 bridgehead atoms. The van der Waals surface area contributed by atoms with Crippen molar-refractivity contribution in [1.29, 1.82) is 0 Å². The van der Waals surface area contributed by atoms with E-state index in [1.54, 1.807) is 23.1 Å². The van der Waals surface area contributed by atoms with Crippen LogP contribution in [0.2, 0.25) is 0 Å². The number of imide groups is 1. The third kappa shape index (κ3) is 3.56. The highest BCUT2D eigenvalue weighted by Crippen LogP contribution is 2.56. The average molecular weight is 547 g/mol. The minimum absolute atomic E-state index is 0.0155. The van der Waals surface area contributed by atoms with Crippen LogP contribution in [-0.2, 0) is 26.3 Å². The van der Waals surface area contributed by atoms with Gasteiger partial charge in [-0.15, -0.1) is 0 Å². The van der Waals surface area contributed by atoms with E-state index in [-0.39, 0.29) is 48.7 Å². The Hall–Kier alpha value is -4.28. The SMILES string of the molecule is CN(C(=O)Oc1ccc2c(c1)C(=O)N(C1CCC(=O)NC1=O)C2)c1cc2c(cc1F)N(C1CC1)C(=O)C21CCC1. The summed E-state index contributed by atoms with van der Waals surface area (Å²) >= 11 is 0. The average Bonchev–Trinajstić information content (AvgIpc) is 3.62. The number of fused-ring (bicyclic) bond motifs is 3. The molecule has 1 saturated heterocycles. The molecular formula is C29H27FN4O6. The third-order valence-corrected chi connectivity index (χ3v) is 8.93. The van der Waals surface area contributed by atoms with Crippen LogP contribution in [-0.4, -0.2) is 53.8 Å². The minimum atomic E-state index is -0.850. The smallest absolute Gasteiger partial charge is 0.410 e. The van der Waals surface area contributed by atoms with Gasteiger partial charge in [0.15, 0.2) is 0 Å². The quantitative estimate of drug-likeness (QED) is 0.589. The Morgan fingerprint density at radius 3 is 2.55 bits per heavy atom. The van der Waals surface area contributed by atoms with Gasteiger partial charge in [0.05, 0.1) is 16.8 Å². The van der Waals surface area contributed by atoms with Crippen molar-refractivity contribution in [3.05, 3.63) is 52.8 Å². The number of carbonyl (C=O) groups excluding carboxylic acids is 5. The summed E-state index contributed by atoms with van der Waals surface area (Å²) in [5.74, 6) is -1.76. The molecule has 11 heteroatoms. The van der Waals surface area contributed by atoms with Crippen molar-refractivity contribution in [2.24, 2.45) is 0 Å². The largest absolute Gasteiger partial charge is 0.419 e. The lowest BCUT2D eigenvalue weighted by molar-refractivity contribution is -0.137. The van der Waals surface area contributed by atoms with Crippen molar-refractivity contribution >= 4 is 41.1 Å². The van der Waals surface area contributed by atoms with Gasteiger partial charge in [0.25, 0.3) is 5.91 Å². The Morgan fingerprint density at radius 2 is 1.88 bits per heavy atom. The molecule has 1 atom stereocenters. The van der Waals surface area contributed by atoms with E-state index in [2.05, 4.69) is 5.32 Å². The second kappa shape index (κ2) is 8.61. The van der Waals surface area contributed by atoms with Gasteiger partial charge < -0.3 is 14.5 Å². The highest BCUT2D eigenvalue weighted by atomic mass is 19.1. The summed E-state index contributed by atoms with van der Waals surface area (Å²) in [6, 6.07) is 6.96. The standard InChI is InChI=1S/C29H27FN4O6/c1-32(23-12-19-22(13-20(23)30)34(16-4-5-16)27(38)29(19)9-2-10-29)28(39)40-17-6-3-15-14-33(26(37)18(15)11-17)21-7-8-24(35)31-25(21)36/h3,6,11-13,16,21H,2,4-5,7-10,14H2,1H3,(H,31,35,36). The van der Waals surface area contributed by atoms with Gasteiger partial charge in [-0.25, -0.2) is 9.18 Å². The van der Waals surface area contributed by atoms with Gasteiger partial charge in [-0.3, -0.25) is 29.4 Å². The van der Waals surface area contributed by atoms with E-state index in [9.17, 15) is 24.0 Å². The van der Waals surface area contributed by atoms with Gasteiger partial charge in [-0.2, -0.15) is 0 Å². The fourth-order valence-corrected chi connectivity index (χ4v) is 6.42. The fourth-order valence-electron chi connectivity index (χ4n) is 6.42. The number of carbonyl (C=O) groups is 5. The predicted octanol–water partition coefficient (Wildman–Crippen LogP) is 3.15. The molecule has 10 nitrogen and oxygen atoms in total. The van der Waals surface area contributed by atoms with E-state index in [1.807, 2.05) is 0 Å². The van der Waals surface area contributed by atoms with Gasteiger partial charge in [0.2, 0.25) is 17.7 Å². The maximum Gasteiger partial charge on any atom is 0.419 e. The van der Waals surface area contributed by atoms with Crippen LogP contribution in [0.25, 0.3) is 0 Å². The predicted molar refractivity (Wildman–Crippen MR) is 139 cm³/mol. The summed E-state index contributed by atoms with van der Waals surface area (Å²) in [6.07, 6.45) is 3.70. The molecular weight excluding hydrogens is 519 g/mol. The summed E-state index contributed by atoms with van der Waals surface area (Å²) in [4.78, 5) is 67.5. The number of rotatable bonds is 4. The number of ether oxygens (including phenoxy) is 1. The molecule has 5 amide bonds. The highest BCUT2D eigenvalue weighted by molar-refractivity contribution is 6.10. The molecule has 2 aromatic carbocycles. The maximum absolute atomic E-state index is 15.4. The zero-order valence-corrected chi connectivity index (χ0v) is 21.9. The van der Waals surface area contributed by atoms with Crippen molar-refractivity contribution < 1.29 is 33.1 Å². The number of amides is 5. The number of hydrogen-bond acceptors (Lipinski definition) is 6. The second-order valence-corrected chi connectivity index (χ2v) is 11.3. The Bertz CT molecular complexity index is 1530. The maximum atomic E-state index is 15.4. The van der Waals surface area contributed by atoms with Crippen LogP contribution >= 0.6 is 0 Å². The van der Waals surface area contributed by atoms with Crippen LogP contribution in [0.15, 0.2) is 30.3 Å². The lowest BCUT2D eigenvalue weighted by Crippen LogP contribution is -2.52. The van der Waals surface area contributed by atoms with Crippen LogP contribution in [0.5, 0.6) is 5.75 Å². The van der Waals surface area contributed by atoms with Gasteiger partial charge in [0.1, 0.15) is 17.6 Å². The van der Waals surface area contributed by atoms with Crippen molar-refractivity contribution in [1.82, 2.24) is 10.2 Å². The molecule has 2 saturated carbocycles. The van der Waals surface area contributed by atoms with Crippen LogP contribution in [0.4, 0.5) is 20.6 Å². The first-order valence-electron chi connectivity index (χ1n) is 13.6. The number of nitrogens with one attached hydrogen (secondary N) is 1. The lowest BCUT2D eigenvalue weighted by atomic mass is 9.65. The Kier molecular flexibility index (Phi) is 5.32. The summed E-state index contributed by atoms with van der Waals surface area (Å²) in [5, 5.41) is 2.27. The summed E-state index contributed by atoms with van der Waals surface area (Å²) in [5.41, 5.74) is 1.72. The monoisotopic (exact) mass is 546 g/mol. The first kappa shape index (κ1) is 24.7. The molecule has 1 N–H and O–H groups in total. The van der Waals surface area contributed by atoms with Crippen LogP contribution in [0.3, 0.4) is 0 Å². The number of halogens is 1. The summed E-state index contributed by atoms with van der Waals surface area (Å²) < 4.78 is 20.9. The molecule has 2 aromatic rings. The third-order valence-electron chi connectivity index (χ3n) is 8.93. The van der Waals surface area contributed by atoms with Crippen molar-refractivity contribution in [2.75, 3.05) is 16.8 Å². The topological polar surface area (TPSA) is 116 Å².